The Morgan fingerprint density at radius 2 is 2.38 bits per heavy atom. The molecular weight excluding hydrogens is 184 g/mol. The van der Waals surface area contributed by atoms with Gasteiger partial charge in [-0.2, -0.15) is 0 Å². The molecule has 1 fully saturated rings. The summed E-state index contributed by atoms with van der Waals surface area (Å²) in [4.78, 5) is 11.8. The van der Waals surface area contributed by atoms with Gasteiger partial charge in [-0.25, -0.2) is 8.78 Å². The number of aliphatic carboxylic acids is 1. The Labute approximate surface area is 74.1 Å². The quantitative estimate of drug-likeness (QED) is 0.690. The molecule has 1 aliphatic rings. The second-order valence-electron chi connectivity index (χ2n) is 2.81. The van der Waals surface area contributed by atoms with Gasteiger partial charge in [0.15, 0.2) is 0 Å². The van der Waals surface area contributed by atoms with Crippen LogP contribution in [-0.4, -0.2) is 54.7 Å². The Hall–Kier alpha value is -0.750. The summed E-state index contributed by atoms with van der Waals surface area (Å²) in [5, 5.41) is 8.65. The minimum absolute atomic E-state index is 0.0119. The van der Waals surface area contributed by atoms with Crippen LogP contribution in [0.1, 0.15) is 0 Å². The van der Waals surface area contributed by atoms with Crippen LogP contribution >= 0.6 is 0 Å². The molecule has 0 bridgehead atoms. The van der Waals surface area contributed by atoms with Crippen LogP contribution in [0.25, 0.3) is 0 Å². The smallest absolute Gasteiger partial charge is 0.323 e. The summed E-state index contributed by atoms with van der Waals surface area (Å²) < 4.78 is 28.8. The molecular formula is C7H11F2NO3. The lowest BCUT2D eigenvalue weighted by molar-refractivity contribution is -0.150. The predicted molar refractivity (Wildman–Crippen MR) is 39.8 cm³/mol. The number of hydrogen-bond donors (Lipinski definition) is 1. The number of carboxylic acid groups (broad SMARTS) is 1. The van der Waals surface area contributed by atoms with Crippen molar-refractivity contribution < 1.29 is 23.4 Å². The average Bonchev–Trinajstić information content (AvgIpc) is 2.03. The number of morpholine rings is 1. The van der Waals surface area contributed by atoms with Crippen molar-refractivity contribution in [1.82, 2.24) is 4.90 Å². The first-order valence-corrected chi connectivity index (χ1v) is 3.94. The molecule has 0 spiro atoms. The second kappa shape index (κ2) is 4.48. The average molecular weight is 195 g/mol. The minimum atomic E-state index is -2.50. The predicted octanol–water partition coefficient (Wildman–Crippen LogP) is 0.0369. The molecule has 0 aromatic carbocycles. The highest BCUT2D eigenvalue weighted by Gasteiger charge is 2.30. The van der Waals surface area contributed by atoms with Crippen LogP contribution in [0.5, 0.6) is 0 Å². The molecule has 76 valence electrons. The molecule has 0 aromatic rings. The SMILES string of the molecule is O=C(O)[C@@H]1COCCN1CC(F)F. The van der Waals surface area contributed by atoms with Gasteiger partial charge in [-0.3, -0.25) is 9.69 Å². The van der Waals surface area contributed by atoms with Crippen molar-refractivity contribution in [3.05, 3.63) is 0 Å². The number of rotatable bonds is 3. The van der Waals surface area contributed by atoms with Crippen molar-refractivity contribution in [3.8, 4) is 0 Å². The van der Waals surface area contributed by atoms with Crippen LogP contribution in [0.2, 0.25) is 0 Å². The van der Waals surface area contributed by atoms with E-state index in [0.717, 1.165) is 0 Å². The maximum absolute atomic E-state index is 12.0. The fourth-order valence-corrected chi connectivity index (χ4v) is 1.26. The largest absolute Gasteiger partial charge is 0.480 e. The Kier molecular flexibility index (Phi) is 3.56. The molecule has 4 nitrogen and oxygen atoms in total. The molecule has 0 radical (unpaired) electrons. The van der Waals surface area contributed by atoms with Gasteiger partial charge in [-0.05, 0) is 0 Å². The highest BCUT2D eigenvalue weighted by atomic mass is 19.3. The van der Waals surface area contributed by atoms with Gasteiger partial charge in [0.1, 0.15) is 6.04 Å². The fourth-order valence-electron chi connectivity index (χ4n) is 1.26. The summed E-state index contributed by atoms with van der Waals surface area (Å²) in [5.74, 6) is -1.11. The molecule has 0 unspecified atom stereocenters. The van der Waals surface area contributed by atoms with E-state index >= 15 is 0 Å². The van der Waals surface area contributed by atoms with Crippen LogP contribution < -0.4 is 0 Å². The van der Waals surface area contributed by atoms with Crippen molar-refractivity contribution in [2.24, 2.45) is 0 Å². The molecule has 0 saturated carbocycles. The number of halogens is 2. The zero-order valence-electron chi connectivity index (χ0n) is 6.95. The number of nitrogens with zero attached hydrogens (tertiary/aromatic N) is 1. The highest BCUT2D eigenvalue weighted by molar-refractivity contribution is 5.73. The van der Waals surface area contributed by atoms with E-state index in [9.17, 15) is 13.6 Å². The summed E-state index contributed by atoms with van der Waals surface area (Å²) in [6, 6.07) is -0.928. The van der Waals surface area contributed by atoms with E-state index in [4.69, 9.17) is 9.84 Å². The summed E-state index contributed by atoms with van der Waals surface area (Å²) in [6.07, 6.45) is -2.50. The maximum Gasteiger partial charge on any atom is 0.323 e. The number of hydrogen-bond acceptors (Lipinski definition) is 3. The Morgan fingerprint density at radius 3 is 2.92 bits per heavy atom. The van der Waals surface area contributed by atoms with Crippen molar-refractivity contribution >= 4 is 5.97 Å². The number of ether oxygens (including phenoxy) is 1. The van der Waals surface area contributed by atoms with Crippen molar-refractivity contribution in [2.45, 2.75) is 12.5 Å². The topological polar surface area (TPSA) is 49.8 Å². The standard InChI is InChI=1S/C7H11F2NO3/c8-6(9)3-10-1-2-13-4-5(10)7(11)12/h5-6H,1-4H2,(H,11,12)/t5-/m0/s1. The van der Waals surface area contributed by atoms with Crippen molar-refractivity contribution in [1.29, 1.82) is 0 Å². The van der Waals surface area contributed by atoms with E-state index in [0.29, 0.717) is 6.61 Å². The van der Waals surface area contributed by atoms with E-state index in [-0.39, 0.29) is 13.2 Å². The lowest BCUT2D eigenvalue weighted by Gasteiger charge is -2.32. The molecule has 0 aromatic heterocycles. The van der Waals surface area contributed by atoms with Gasteiger partial charge in [0.2, 0.25) is 0 Å². The first kappa shape index (κ1) is 10.3. The molecule has 1 rings (SSSR count). The van der Waals surface area contributed by atoms with Gasteiger partial charge >= 0.3 is 5.97 Å². The lowest BCUT2D eigenvalue weighted by Crippen LogP contribution is -2.51. The molecule has 13 heavy (non-hydrogen) atoms. The molecule has 1 aliphatic heterocycles. The third kappa shape index (κ3) is 2.89. The zero-order chi connectivity index (χ0) is 9.84. The lowest BCUT2D eigenvalue weighted by atomic mass is 10.2. The van der Waals surface area contributed by atoms with Crippen molar-refractivity contribution in [2.75, 3.05) is 26.3 Å². The Morgan fingerprint density at radius 1 is 1.69 bits per heavy atom. The molecule has 1 N–H and O–H groups in total. The Bertz CT molecular complexity index is 189. The normalized spacial score (nSPS) is 25.0. The van der Waals surface area contributed by atoms with Crippen LogP contribution in [-0.2, 0) is 9.53 Å². The first-order valence-electron chi connectivity index (χ1n) is 3.94. The molecule has 1 atom stereocenters. The fraction of sp³-hybridized carbons (Fsp3) is 0.857. The van der Waals surface area contributed by atoms with E-state index < -0.39 is 25.0 Å². The first-order chi connectivity index (χ1) is 6.11. The number of carbonyl (C=O) groups is 1. The third-order valence-electron chi connectivity index (χ3n) is 1.90. The van der Waals surface area contributed by atoms with E-state index in [2.05, 4.69) is 0 Å². The minimum Gasteiger partial charge on any atom is -0.480 e. The van der Waals surface area contributed by atoms with Crippen LogP contribution in [0.3, 0.4) is 0 Å². The van der Waals surface area contributed by atoms with Crippen LogP contribution in [0.15, 0.2) is 0 Å². The van der Waals surface area contributed by atoms with Gasteiger partial charge in [0.05, 0.1) is 19.8 Å². The van der Waals surface area contributed by atoms with E-state index in [1.807, 2.05) is 0 Å². The Balaban J connectivity index is 2.51. The molecule has 0 amide bonds. The van der Waals surface area contributed by atoms with Gasteiger partial charge in [0.25, 0.3) is 6.43 Å². The third-order valence-corrected chi connectivity index (χ3v) is 1.90. The summed E-state index contributed by atoms with van der Waals surface area (Å²) in [7, 11) is 0. The van der Waals surface area contributed by atoms with E-state index in [1.54, 1.807) is 0 Å². The van der Waals surface area contributed by atoms with Crippen LogP contribution in [0, 0.1) is 0 Å². The monoisotopic (exact) mass is 195 g/mol. The van der Waals surface area contributed by atoms with E-state index in [1.165, 1.54) is 4.90 Å². The molecule has 1 saturated heterocycles. The second-order valence-corrected chi connectivity index (χ2v) is 2.81. The zero-order valence-corrected chi connectivity index (χ0v) is 6.95. The highest BCUT2D eigenvalue weighted by Crippen LogP contribution is 2.09. The number of alkyl halides is 2. The summed E-state index contributed by atoms with van der Waals surface area (Å²) >= 11 is 0. The summed E-state index contributed by atoms with van der Waals surface area (Å²) in [5.41, 5.74) is 0. The summed E-state index contributed by atoms with van der Waals surface area (Å²) in [6.45, 7) is 0.0557. The molecule has 0 aliphatic carbocycles. The molecule has 1 heterocycles. The van der Waals surface area contributed by atoms with Crippen molar-refractivity contribution in [3.63, 3.8) is 0 Å². The van der Waals surface area contributed by atoms with Gasteiger partial charge in [0, 0.05) is 6.54 Å². The van der Waals surface area contributed by atoms with Gasteiger partial charge in [-0.1, -0.05) is 0 Å². The van der Waals surface area contributed by atoms with Gasteiger partial charge < -0.3 is 9.84 Å². The van der Waals surface area contributed by atoms with Crippen LogP contribution in [0.4, 0.5) is 8.78 Å². The molecule has 6 heteroatoms. The number of carboxylic acids is 1. The van der Waals surface area contributed by atoms with Gasteiger partial charge in [-0.15, -0.1) is 0 Å². The maximum atomic E-state index is 12.0.